The lowest BCUT2D eigenvalue weighted by Crippen LogP contribution is -2.08. The number of phenols is 1. The van der Waals surface area contributed by atoms with Gasteiger partial charge in [-0.05, 0) is 18.2 Å². The van der Waals surface area contributed by atoms with Crippen molar-refractivity contribution in [1.29, 1.82) is 5.26 Å². The van der Waals surface area contributed by atoms with Gasteiger partial charge in [-0.2, -0.15) is 5.26 Å². The van der Waals surface area contributed by atoms with Crippen molar-refractivity contribution in [3.8, 4) is 11.8 Å². The molecule has 0 saturated carbocycles. The van der Waals surface area contributed by atoms with Crippen LogP contribution in [0.5, 0.6) is 5.75 Å². The molecule has 0 bridgehead atoms. The van der Waals surface area contributed by atoms with Crippen LogP contribution in [0.2, 0.25) is 0 Å². The molecule has 1 aromatic carbocycles. The predicted molar refractivity (Wildman–Crippen MR) is 47.1 cm³/mol. The van der Waals surface area contributed by atoms with Gasteiger partial charge in [0.25, 0.3) is 0 Å². The number of anilines is 1. The van der Waals surface area contributed by atoms with Gasteiger partial charge in [-0.15, -0.1) is 0 Å². The summed E-state index contributed by atoms with van der Waals surface area (Å²) in [5.74, 6) is 0.0306. The van der Waals surface area contributed by atoms with E-state index in [0.29, 0.717) is 5.56 Å². The molecule has 0 aliphatic rings. The van der Waals surface area contributed by atoms with E-state index in [1.807, 2.05) is 25.1 Å². The molecule has 1 rings (SSSR count). The van der Waals surface area contributed by atoms with E-state index in [1.54, 1.807) is 12.1 Å². The van der Waals surface area contributed by atoms with Crippen LogP contribution in [0.15, 0.2) is 18.2 Å². The molecular weight excluding hydrogens is 152 g/mol. The van der Waals surface area contributed by atoms with Crippen LogP contribution in [0.1, 0.15) is 5.56 Å². The molecule has 12 heavy (non-hydrogen) atoms. The number of phenolic OH excluding ortho intramolecular Hbond substituents is 1. The van der Waals surface area contributed by atoms with Crippen molar-refractivity contribution < 1.29 is 5.11 Å². The van der Waals surface area contributed by atoms with Crippen molar-refractivity contribution in [2.75, 3.05) is 19.0 Å². The smallest absolute Gasteiger partial charge is 0.133 e. The van der Waals surface area contributed by atoms with Gasteiger partial charge in [0, 0.05) is 19.8 Å². The van der Waals surface area contributed by atoms with Crippen LogP contribution in [0, 0.1) is 11.3 Å². The molecular formula is C9H10N2O. The summed E-state index contributed by atoms with van der Waals surface area (Å²) in [6.07, 6.45) is 0. The van der Waals surface area contributed by atoms with Gasteiger partial charge in [-0.25, -0.2) is 0 Å². The molecule has 0 atom stereocenters. The molecule has 3 heteroatoms. The zero-order valence-electron chi connectivity index (χ0n) is 7.07. The molecule has 0 heterocycles. The van der Waals surface area contributed by atoms with Crippen molar-refractivity contribution >= 4 is 5.69 Å². The molecule has 0 aliphatic carbocycles. The van der Waals surface area contributed by atoms with Gasteiger partial charge in [-0.3, -0.25) is 0 Å². The Balaban J connectivity index is 3.16. The Hall–Kier alpha value is -1.69. The van der Waals surface area contributed by atoms with Crippen molar-refractivity contribution in [3.63, 3.8) is 0 Å². The summed E-state index contributed by atoms with van der Waals surface area (Å²) in [6, 6.07) is 6.84. The number of aromatic hydroxyl groups is 1. The van der Waals surface area contributed by atoms with E-state index in [0.717, 1.165) is 5.69 Å². The molecule has 0 radical (unpaired) electrons. The summed E-state index contributed by atoms with van der Waals surface area (Å²) in [6.45, 7) is 0. The van der Waals surface area contributed by atoms with E-state index in [1.165, 1.54) is 6.07 Å². The van der Waals surface area contributed by atoms with E-state index in [2.05, 4.69) is 0 Å². The van der Waals surface area contributed by atoms with E-state index < -0.39 is 0 Å². The van der Waals surface area contributed by atoms with Crippen LogP contribution in [-0.2, 0) is 0 Å². The zero-order valence-corrected chi connectivity index (χ0v) is 7.07. The van der Waals surface area contributed by atoms with Crippen molar-refractivity contribution in [1.82, 2.24) is 0 Å². The van der Waals surface area contributed by atoms with Gasteiger partial charge >= 0.3 is 0 Å². The van der Waals surface area contributed by atoms with Gasteiger partial charge in [-0.1, -0.05) is 0 Å². The minimum Gasteiger partial charge on any atom is -0.507 e. The summed E-state index contributed by atoms with van der Waals surface area (Å²) in [5.41, 5.74) is 1.21. The minimum atomic E-state index is 0.0306. The second-order valence-corrected chi connectivity index (χ2v) is 2.71. The van der Waals surface area contributed by atoms with E-state index in [9.17, 15) is 5.11 Å². The van der Waals surface area contributed by atoms with Gasteiger partial charge in [0.1, 0.15) is 11.8 Å². The summed E-state index contributed by atoms with van der Waals surface area (Å²) >= 11 is 0. The molecule has 0 unspecified atom stereocenters. The number of nitriles is 1. The molecule has 0 aromatic heterocycles. The number of nitrogens with zero attached hydrogens (tertiary/aromatic N) is 2. The molecule has 0 fully saturated rings. The van der Waals surface area contributed by atoms with Gasteiger partial charge in [0.15, 0.2) is 0 Å². The maximum Gasteiger partial charge on any atom is 0.133 e. The maximum absolute atomic E-state index is 9.18. The first-order valence-corrected chi connectivity index (χ1v) is 3.55. The van der Waals surface area contributed by atoms with Crippen LogP contribution >= 0.6 is 0 Å². The molecule has 1 aromatic rings. The topological polar surface area (TPSA) is 47.3 Å². The third-order valence-electron chi connectivity index (χ3n) is 1.62. The number of hydrogen-bond donors (Lipinski definition) is 1. The summed E-state index contributed by atoms with van der Waals surface area (Å²) in [5, 5.41) is 17.8. The highest BCUT2D eigenvalue weighted by Crippen LogP contribution is 2.21. The first-order chi connectivity index (χ1) is 5.65. The SMILES string of the molecule is CN(C)c1ccc(O)c(C#N)c1. The Labute approximate surface area is 71.5 Å². The van der Waals surface area contributed by atoms with E-state index in [4.69, 9.17) is 5.26 Å². The lowest BCUT2D eigenvalue weighted by molar-refractivity contribution is 0.473. The fourth-order valence-corrected chi connectivity index (χ4v) is 0.892. The monoisotopic (exact) mass is 162 g/mol. The Morgan fingerprint density at radius 2 is 2.08 bits per heavy atom. The Bertz CT molecular complexity index is 326. The Kier molecular flexibility index (Phi) is 2.20. The van der Waals surface area contributed by atoms with Gasteiger partial charge in [0.05, 0.1) is 5.56 Å². The number of rotatable bonds is 1. The van der Waals surface area contributed by atoms with Crippen molar-refractivity contribution in [2.24, 2.45) is 0 Å². The van der Waals surface area contributed by atoms with Crippen LogP contribution in [0.3, 0.4) is 0 Å². The fraction of sp³-hybridized carbons (Fsp3) is 0.222. The fourth-order valence-electron chi connectivity index (χ4n) is 0.892. The van der Waals surface area contributed by atoms with Crippen LogP contribution < -0.4 is 4.90 Å². The summed E-state index contributed by atoms with van der Waals surface area (Å²) in [7, 11) is 3.76. The lowest BCUT2D eigenvalue weighted by Gasteiger charge is -2.12. The van der Waals surface area contributed by atoms with Crippen molar-refractivity contribution in [3.05, 3.63) is 23.8 Å². The standard InChI is InChI=1S/C9H10N2O/c1-11(2)8-3-4-9(12)7(5-8)6-10/h3-5,12H,1-2H3. The second kappa shape index (κ2) is 3.14. The van der Waals surface area contributed by atoms with Gasteiger partial charge in [0.2, 0.25) is 0 Å². The quantitative estimate of drug-likeness (QED) is 0.677. The highest BCUT2D eigenvalue weighted by molar-refractivity contribution is 5.55. The normalized spacial score (nSPS) is 9.08. The molecule has 0 spiro atoms. The third-order valence-corrected chi connectivity index (χ3v) is 1.62. The third kappa shape index (κ3) is 1.48. The molecule has 1 N–H and O–H groups in total. The molecule has 3 nitrogen and oxygen atoms in total. The highest BCUT2D eigenvalue weighted by Gasteiger charge is 2.01. The number of hydrogen-bond acceptors (Lipinski definition) is 3. The maximum atomic E-state index is 9.18. The van der Waals surface area contributed by atoms with Gasteiger partial charge < -0.3 is 10.0 Å². The molecule has 0 amide bonds. The van der Waals surface area contributed by atoms with Crippen LogP contribution in [-0.4, -0.2) is 19.2 Å². The average Bonchev–Trinajstić information content (AvgIpc) is 2.05. The predicted octanol–water partition coefficient (Wildman–Crippen LogP) is 1.33. The van der Waals surface area contributed by atoms with E-state index >= 15 is 0 Å². The first kappa shape index (κ1) is 8.41. The second-order valence-electron chi connectivity index (χ2n) is 2.71. The average molecular weight is 162 g/mol. The number of benzene rings is 1. The molecule has 0 aliphatic heterocycles. The first-order valence-electron chi connectivity index (χ1n) is 3.55. The molecule has 0 saturated heterocycles. The molecule has 62 valence electrons. The van der Waals surface area contributed by atoms with Crippen LogP contribution in [0.25, 0.3) is 0 Å². The largest absolute Gasteiger partial charge is 0.507 e. The summed E-state index contributed by atoms with van der Waals surface area (Å²) < 4.78 is 0. The Morgan fingerprint density at radius 3 is 2.58 bits per heavy atom. The summed E-state index contributed by atoms with van der Waals surface area (Å²) in [4.78, 5) is 1.88. The Morgan fingerprint density at radius 1 is 1.42 bits per heavy atom. The highest BCUT2D eigenvalue weighted by atomic mass is 16.3. The lowest BCUT2D eigenvalue weighted by atomic mass is 10.2. The van der Waals surface area contributed by atoms with Crippen LogP contribution in [0.4, 0.5) is 5.69 Å². The minimum absolute atomic E-state index is 0.0306. The van der Waals surface area contributed by atoms with E-state index in [-0.39, 0.29) is 5.75 Å². The van der Waals surface area contributed by atoms with Crippen molar-refractivity contribution in [2.45, 2.75) is 0 Å². The zero-order chi connectivity index (χ0) is 9.14.